The number of benzene rings is 3. The number of fused-ring (bicyclic) bond motifs is 1. The number of rotatable bonds is 5. The lowest BCUT2D eigenvalue weighted by atomic mass is 10.2. The summed E-state index contributed by atoms with van der Waals surface area (Å²) >= 11 is 5.74. The van der Waals surface area contributed by atoms with Crippen molar-refractivity contribution in [3.8, 4) is 0 Å². The molecule has 0 atom stereocenters. The fraction of sp³-hybridized carbons (Fsp3) is 0.0435. The van der Waals surface area contributed by atoms with E-state index in [4.69, 9.17) is 11.6 Å². The highest BCUT2D eigenvalue weighted by atomic mass is 35.5. The van der Waals surface area contributed by atoms with Gasteiger partial charge in [-0.3, -0.25) is 9.59 Å². The van der Waals surface area contributed by atoms with Gasteiger partial charge >= 0.3 is 0 Å². The first-order chi connectivity index (χ1) is 15.7. The van der Waals surface area contributed by atoms with Gasteiger partial charge in [0, 0.05) is 17.3 Å². The number of carbonyl (C=O) groups is 1. The van der Waals surface area contributed by atoms with Gasteiger partial charge in [0.05, 0.1) is 15.4 Å². The van der Waals surface area contributed by atoms with Crippen LogP contribution in [0.25, 0.3) is 10.9 Å². The van der Waals surface area contributed by atoms with Gasteiger partial charge in [0.25, 0.3) is 0 Å². The molecule has 10 heteroatoms. The number of sulfone groups is 1. The molecular formula is C23H15ClF2N2O4S. The Balaban J connectivity index is 1.77. The van der Waals surface area contributed by atoms with E-state index < -0.39 is 37.7 Å². The molecule has 0 saturated heterocycles. The first kappa shape index (κ1) is 22.6. The highest BCUT2D eigenvalue weighted by molar-refractivity contribution is 7.91. The fourth-order valence-corrected chi connectivity index (χ4v) is 4.86. The second-order valence-corrected chi connectivity index (χ2v) is 9.43. The summed E-state index contributed by atoms with van der Waals surface area (Å²) in [6.07, 6.45) is 1.08. The molecule has 4 rings (SSSR count). The van der Waals surface area contributed by atoms with Crippen molar-refractivity contribution in [1.82, 2.24) is 4.57 Å². The van der Waals surface area contributed by atoms with Crippen LogP contribution in [0.2, 0.25) is 5.02 Å². The van der Waals surface area contributed by atoms with Gasteiger partial charge < -0.3 is 9.88 Å². The third-order valence-corrected chi connectivity index (χ3v) is 6.94. The summed E-state index contributed by atoms with van der Waals surface area (Å²) in [5, 5.41) is 2.48. The van der Waals surface area contributed by atoms with E-state index in [9.17, 15) is 26.8 Å². The van der Waals surface area contributed by atoms with E-state index in [1.54, 1.807) is 18.2 Å². The minimum absolute atomic E-state index is 0.0957. The summed E-state index contributed by atoms with van der Waals surface area (Å²) in [4.78, 5) is 24.8. The first-order valence-electron chi connectivity index (χ1n) is 9.54. The van der Waals surface area contributed by atoms with E-state index in [1.165, 1.54) is 22.8 Å². The van der Waals surface area contributed by atoms with Gasteiger partial charge in [0.2, 0.25) is 21.2 Å². The summed E-state index contributed by atoms with van der Waals surface area (Å²) < 4.78 is 54.2. The van der Waals surface area contributed by atoms with Gasteiger partial charge in [0.15, 0.2) is 0 Å². The highest BCUT2D eigenvalue weighted by Gasteiger charge is 2.24. The van der Waals surface area contributed by atoms with Crippen molar-refractivity contribution in [1.29, 1.82) is 0 Å². The molecule has 0 saturated carbocycles. The third-order valence-electron chi connectivity index (χ3n) is 4.89. The van der Waals surface area contributed by atoms with Crippen LogP contribution in [0.1, 0.15) is 0 Å². The molecule has 1 aromatic heterocycles. The molecule has 0 radical (unpaired) electrons. The third kappa shape index (κ3) is 4.50. The van der Waals surface area contributed by atoms with Crippen molar-refractivity contribution in [2.45, 2.75) is 16.3 Å². The molecular weight excluding hydrogens is 474 g/mol. The molecule has 0 unspecified atom stereocenters. The number of anilines is 1. The molecule has 4 aromatic rings. The lowest BCUT2D eigenvalue weighted by Gasteiger charge is -2.14. The van der Waals surface area contributed by atoms with E-state index in [1.807, 2.05) is 0 Å². The second kappa shape index (κ2) is 8.76. The Morgan fingerprint density at radius 1 is 1.00 bits per heavy atom. The van der Waals surface area contributed by atoms with Gasteiger partial charge in [0.1, 0.15) is 23.1 Å². The van der Waals surface area contributed by atoms with Crippen molar-refractivity contribution in [2.24, 2.45) is 0 Å². The van der Waals surface area contributed by atoms with Crippen molar-refractivity contribution in [2.75, 3.05) is 5.32 Å². The van der Waals surface area contributed by atoms with Crippen LogP contribution < -0.4 is 10.7 Å². The van der Waals surface area contributed by atoms with Crippen LogP contribution in [0.15, 0.2) is 87.5 Å². The van der Waals surface area contributed by atoms with Crippen LogP contribution in [0, 0.1) is 11.6 Å². The Kier molecular flexibility index (Phi) is 6.01. The van der Waals surface area contributed by atoms with Crippen molar-refractivity contribution >= 4 is 43.9 Å². The van der Waals surface area contributed by atoms with Gasteiger partial charge in [-0.2, -0.15) is 0 Å². The highest BCUT2D eigenvalue weighted by Crippen LogP contribution is 2.22. The molecule has 1 heterocycles. The van der Waals surface area contributed by atoms with Crippen LogP contribution in [0.5, 0.6) is 0 Å². The lowest BCUT2D eigenvalue weighted by Crippen LogP contribution is -2.24. The number of nitrogens with one attached hydrogen (secondary N) is 1. The molecule has 0 bridgehead atoms. The van der Waals surface area contributed by atoms with E-state index >= 15 is 0 Å². The Morgan fingerprint density at radius 2 is 1.70 bits per heavy atom. The fourth-order valence-electron chi connectivity index (χ4n) is 3.31. The van der Waals surface area contributed by atoms with Crippen LogP contribution in [-0.2, 0) is 21.2 Å². The zero-order valence-corrected chi connectivity index (χ0v) is 18.3. The van der Waals surface area contributed by atoms with Crippen molar-refractivity contribution in [3.05, 3.63) is 99.8 Å². The minimum atomic E-state index is -4.30. The van der Waals surface area contributed by atoms with E-state index in [-0.39, 0.29) is 27.5 Å². The largest absolute Gasteiger partial charge is 0.336 e. The number of hydrogen-bond acceptors (Lipinski definition) is 4. The quantitative estimate of drug-likeness (QED) is 0.422. The Labute approximate surface area is 192 Å². The summed E-state index contributed by atoms with van der Waals surface area (Å²) in [7, 11) is -4.30. The number of pyridine rings is 1. The Bertz CT molecular complexity index is 1550. The Morgan fingerprint density at radius 3 is 2.39 bits per heavy atom. The average molecular weight is 489 g/mol. The van der Waals surface area contributed by atoms with Gasteiger partial charge in [-0.15, -0.1) is 0 Å². The smallest absolute Gasteiger partial charge is 0.244 e. The molecule has 0 aliphatic rings. The van der Waals surface area contributed by atoms with Crippen molar-refractivity contribution < 1.29 is 22.0 Å². The molecule has 168 valence electrons. The van der Waals surface area contributed by atoms with Crippen LogP contribution >= 0.6 is 11.6 Å². The number of amides is 1. The molecule has 0 aliphatic heterocycles. The summed E-state index contributed by atoms with van der Waals surface area (Å²) in [5.74, 6) is -1.82. The number of hydrogen-bond donors (Lipinski definition) is 1. The van der Waals surface area contributed by atoms with Crippen LogP contribution in [0.4, 0.5) is 14.5 Å². The molecule has 6 nitrogen and oxygen atoms in total. The van der Waals surface area contributed by atoms with E-state index in [2.05, 4.69) is 5.32 Å². The van der Waals surface area contributed by atoms with Gasteiger partial charge in [-0.1, -0.05) is 23.7 Å². The van der Waals surface area contributed by atoms with Crippen LogP contribution in [-0.4, -0.2) is 18.9 Å². The van der Waals surface area contributed by atoms with Gasteiger partial charge in [-0.25, -0.2) is 17.2 Å². The predicted molar refractivity (Wildman–Crippen MR) is 120 cm³/mol. The number of para-hydroxylation sites is 1. The van der Waals surface area contributed by atoms with Crippen LogP contribution in [0.3, 0.4) is 0 Å². The monoisotopic (exact) mass is 488 g/mol. The molecule has 1 N–H and O–H groups in total. The van der Waals surface area contributed by atoms with E-state index in [0.717, 1.165) is 36.5 Å². The van der Waals surface area contributed by atoms with Gasteiger partial charge in [-0.05, 0) is 54.6 Å². The number of halogens is 3. The maximum Gasteiger partial charge on any atom is 0.244 e. The SMILES string of the molecule is O=C(Cn1cc(S(=O)(=O)c2ccc(F)cc2)c(=O)c2ccccc21)Nc1ccc(F)c(Cl)c1. The molecule has 0 spiro atoms. The molecule has 1 amide bonds. The molecule has 3 aromatic carbocycles. The summed E-state index contributed by atoms with van der Waals surface area (Å²) in [6, 6.07) is 14.0. The maximum atomic E-state index is 13.4. The zero-order valence-electron chi connectivity index (χ0n) is 16.8. The Hall–Kier alpha value is -3.56. The standard InChI is InChI=1S/C23H15ClF2N2O4S/c24-18-11-15(7-10-19(18)26)27-22(29)13-28-12-21(23(30)17-3-1-2-4-20(17)28)33(31,32)16-8-5-14(25)6-9-16/h1-12H,13H2,(H,27,29). The summed E-state index contributed by atoms with van der Waals surface area (Å²) in [6.45, 7) is -0.346. The lowest BCUT2D eigenvalue weighted by molar-refractivity contribution is -0.116. The predicted octanol–water partition coefficient (Wildman–Crippen LogP) is 4.40. The number of aromatic nitrogens is 1. The molecule has 0 aliphatic carbocycles. The average Bonchev–Trinajstić information content (AvgIpc) is 2.78. The second-order valence-electron chi connectivity index (χ2n) is 7.10. The normalized spacial score (nSPS) is 11.5. The topological polar surface area (TPSA) is 85.2 Å². The minimum Gasteiger partial charge on any atom is -0.336 e. The number of carbonyl (C=O) groups excluding carboxylic acids is 1. The maximum absolute atomic E-state index is 13.4. The summed E-state index contributed by atoms with van der Waals surface area (Å²) in [5.41, 5.74) is -0.152. The van der Waals surface area contributed by atoms with Crippen molar-refractivity contribution in [3.63, 3.8) is 0 Å². The zero-order chi connectivity index (χ0) is 23.8. The molecule has 0 fully saturated rings. The van der Waals surface area contributed by atoms with E-state index in [0.29, 0.717) is 5.52 Å². The first-order valence-corrected chi connectivity index (χ1v) is 11.4. The molecule has 33 heavy (non-hydrogen) atoms. The number of nitrogens with zero attached hydrogens (tertiary/aromatic N) is 1.